The molecule has 1 unspecified atom stereocenters. The molecule has 0 aromatic rings. The number of esters is 2. The van der Waals surface area contributed by atoms with Crippen molar-refractivity contribution in [1.29, 1.82) is 0 Å². The van der Waals surface area contributed by atoms with Crippen LogP contribution in [0.2, 0.25) is 0 Å². The lowest BCUT2D eigenvalue weighted by atomic mass is 10.1. The summed E-state index contributed by atoms with van der Waals surface area (Å²) in [7, 11) is 0. The third-order valence-electron chi connectivity index (χ3n) is 8.55. The highest BCUT2D eigenvalue weighted by molar-refractivity contribution is 5.70. The average Bonchev–Trinajstić information content (AvgIpc) is 3.10. The van der Waals surface area contributed by atoms with Gasteiger partial charge in [0.15, 0.2) is 6.10 Å². The Labute approximate surface area is 302 Å². The monoisotopic (exact) mass is 685 g/mol. The van der Waals surface area contributed by atoms with E-state index in [0.29, 0.717) is 12.8 Å². The first-order valence-corrected chi connectivity index (χ1v) is 20.3. The number of ether oxygens (including phenoxy) is 2. The molecule has 0 aromatic heterocycles. The van der Waals surface area contributed by atoms with E-state index in [1.54, 1.807) is 0 Å². The molecule has 0 aliphatic carbocycles. The Morgan fingerprint density at radius 1 is 0.490 bits per heavy atom. The van der Waals surface area contributed by atoms with Crippen LogP contribution in [0.1, 0.15) is 187 Å². The number of carbonyl (C=O) groups is 2. The first kappa shape index (κ1) is 46.6. The zero-order valence-corrected chi connectivity index (χ0v) is 31.9. The number of aliphatic hydroxyl groups excluding tert-OH is 1. The molecule has 0 bridgehead atoms. The van der Waals surface area contributed by atoms with Crippen LogP contribution >= 0.6 is 0 Å². The summed E-state index contributed by atoms with van der Waals surface area (Å²) in [6, 6.07) is 0. The smallest absolute Gasteiger partial charge is 0.306 e. The van der Waals surface area contributed by atoms with Gasteiger partial charge in [0.2, 0.25) is 0 Å². The highest BCUT2D eigenvalue weighted by Crippen LogP contribution is 2.13. The van der Waals surface area contributed by atoms with Crippen LogP contribution in [0.25, 0.3) is 0 Å². The predicted octanol–water partition coefficient (Wildman–Crippen LogP) is 12.8. The number of carbonyl (C=O) groups excluding carboxylic acids is 2. The molecular formula is C44H76O5. The summed E-state index contributed by atoms with van der Waals surface area (Å²) in [5.41, 5.74) is 0. The minimum atomic E-state index is -0.780. The van der Waals surface area contributed by atoms with Crippen molar-refractivity contribution in [2.45, 2.75) is 193 Å². The van der Waals surface area contributed by atoms with Crippen molar-refractivity contribution in [1.82, 2.24) is 0 Å². The van der Waals surface area contributed by atoms with Crippen LogP contribution in [0.3, 0.4) is 0 Å². The van der Waals surface area contributed by atoms with Gasteiger partial charge >= 0.3 is 11.9 Å². The van der Waals surface area contributed by atoms with Gasteiger partial charge in [-0.25, -0.2) is 0 Å². The van der Waals surface area contributed by atoms with E-state index in [9.17, 15) is 14.7 Å². The summed E-state index contributed by atoms with van der Waals surface area (Å²) >= 11 is 0. The highest BCUT2D eigenvalue weighted by atomic mass is 16.6. The number of rotatable bonds is 36. The second kappa shape index (κ2) is 40.0. The van der Waals surface area contributed by atoms with Crippen molar-refractivity contribution >= 4 is 11.9 Å². The highest BCUT2D eigenvalue weighted by Gasteiger charge is 2.16. The molecule has 0 amide bonds. The Morgan fingerprint density at radius 2 is 0.878 bits per heavy atom. The molecule has 0 aromatic carbocycles. The molecule has 1 atom stereocenters. The fourth-order valence-corrected chi connectivity index (χ4v) is 5.48. The second-order valence-electron chi connectivity index (χ2n) is 13.3. The summed E-state index contributed by atoms with van der Waals surface area (Å²) in [4.78, 5) is 24.3. The van der Waals surface area contributed by atoms with E-state index in [1.807, 2.05) is 0 Å². The second-order valence-corrected chi connectivity index (χ2v) is 13.3. The molecule has 0 saturated carbocycles. The standard InChI is InChI=1S/C44H76O5/c1-3-5-7-9-11-13-15-17-19-20-21-22-23-24-25-27-29-31-33-35-37-39-44(47)49-42(40-45)41-48-43(46)38-36-34-32-30-28-26-18-16-14-12-10-8-6-4-2/h5,7,11,13,16-19,21-22,42,45H,3-4,6,8-10,12,14-15,20,23-41H2,1-2H3/b7-5-,13-11-,18-16-,19-17-,22-21-. The number of aliphatic hydroxyl groups is 1. The maximum Gasteiger partial charge on any atom is 0.306 e. The van der Waals surface area contributed by atoms with Crippen molar-refractivity contribution in [3.63, 3.8) is 0 Å². The average molecular weight is 685 g/mol. The van der Waals surface area contributed by atoms with Gasteiger partial charge in [0.05, 0.1) is 6.61 Å². The van der Waals surface area contributed by atoms with Gasteiger partial charge in [-0.15, -0.1) is 0 Å². The van der Waals surface area contributed by atoms with E-state index in [4.69, 9.17) is 9.47 Å². The maximum absolute atomic E-state index is 12.2. The fourth-order valence-electron chi connectivity index (χ4n) is 5.48. The predicted molar refractivity (Wildman–Crippen MR) is 210 cm³/mol. The molecule has 0 spiro atoms. The van der Waals surface area contributed by atoms with Crippen LogP contribution in [-0.2, 0) is 19.1 Å². The van der Waals surface area contributed by atoms with Crippen LogP contribution in [-0.4, -0.2) is 36.4 Å². The quantitative estimate of drug-likeness (QED) is 0.0404. The van der Waals surface area contributed by atoms with Crippen LogP contribution in [0.15, 0.2) is 60.8 Å². The Morgan fingerprint density at radius 3 is 1.35 bits per heavy atom. The van der Waals surface area contributed by atoms with Crippen LogP contribution in [0, 0.1) is 0 Å². The molecule has 5 heteroatoms. The van der Waals surface area contributed by atoms with Gasteiger partial charge < -0.3 is 14.6 Å². The summed E-state index contributed by atoms with van der Waals surface area (Å²) in [5.74, 6) is -0.612. The molecule has 0 rings (SSSR count). The van der Waals surface area contributed by atoms with Crippen molar-refractivity contribution in [2.24, 2.45) is 0 Å². The van der Waals surface area contributed by atoms with E-state index >= 15 is 0 Å². The van der Waals surface area contributed by atoms with E-state index in [2.05, 4.69) is 74.6 Å². The van der Waals surface area contributed by atoms with E-state index < -0.39 is 6.10 Å². The lowest BCUT2D eigenvalue weighted by Crippen LogP contribution is -2.28. The number of hydrogen-bond donors (Lipinski definition) is 1. The van der Waals surface area contributed by atoms with Crippen molar-refractivity contribution in [3.05, 3.63) is 60.8 Å². The van der Waals surface area contributed by atoms with Crippen LogP contribution in [0.4, 0.5) is 0 Å². The van der Waals surface area contributed by atoms with Crippen molar-refractivity contribution < 1.29 is 24.2 Å². The van der Waals surface area contributed by atoms with Gasteiger partial charge in [-0.05, 0) is 77.0 Å². The molecule has 0 aliphatic rings. The molecule has 5 nitrogen and oxygen atoms in total. The zero-order chi connectivity index (χ0) is 35.7. The summed E-state index contributed by atoms with van der Waals surface area (Å²) in [5, 5.41) is 9.56. The minimum absolute atomic E-state index is 0.0751. The Bertz CT molecular complexity index is 869. The topological polar surface area (TPSA) is 72.8 Å². The number of hydrogen-bond acceptors (Lipinski definition) is 5. The van der Waals surface area contributed by atoms with E-state index in [0.717, 1.165) is 77.0 Å². The van der Waals surface area contributed by atoms with Gasteiger partial charge in [-0.3, -0.25) is 9.59 Å². The lowest BCUT2D eigenvalue weighted by molar-refractivity contribution is -0.161. The van der Waals surface area contributed by atoms with E-state index in [-0.39, 0.29) is 25.2 Å². The third kappa shape index (κ3) is 38.3. The lowest BCUT2D eigenvalue weighted by Gasteiger charge is -2.15. The van der Waals surface area contributed by atoms with Gasteiger partial charge in [0.1, 0.15) is 6.61 Å². The molecule has 0 aliphatic heterocycles. The molecule has 0 heterocycles. The van der Waals surface area contributed by atoms with Gasteiger partial charge in [-0.2, -0.15) is 0 Å². The summed E-state index contributed by atoms with van der Waals surface area (Å²) in [6.45, 7) is 4.00. The molecule has 0 fully saturated rings. The van der Waals surface area contributed by atoms with Gasteiger partial charge in [0.25, 0.3) is 0 Å². The Kier molecular flexibility index (Phi) is 38.1. The van der Waals surface area contributed by atoms with E-state index in [1.165, 1.54) is 83.5 Å². The SMILES string of the molecule is CC/C=C\C/C=C\C/C=C\C/C=C\CCCCCCCCCCC(=O)OC(CO)COC(=O)CCCCCCC/C=C\CCCCCCC. The van der Waals surface area contributed by atoms with Crippen LogP contribution in [0.5, 0.6) is 0 Å². The Balaban J connectivity index is 3.59. The number of unbranched alkanes of at least 4 members (excludes halogenated alkanes) is 18. The molecule has 49 heavy (non-hydrogen) atoms. The maximum atomic E-state index is 12.2. The molecule has 0 radical (unpaired) electrons. The number of allylic oxidation sites excluding steroid dienone is 10. The Hall–Kier alpha value is -2.40. The van der Waals surface area contributed by atoms with Gasteiger partial charge in [0, 0.05) is 12.8 Å². The minimum Gasteiger partial charge on any atom is -0.462 e. The zero-order valence-electron chi connectivity index (χ0n) is 31.9. The largest absolute Gasteiger partial charge is 0.462 e. The fraction of sp³-hybridized carbons (Fsp3) is 0.727. The first-order valence-electron chi connectivity index (χ1n) is 20.3. The molecule has 1 N–H and O–H groups in total. The molecule has 0 saturated heterocycles. The summed E-state index contributed by atoms with van der Waals surface area (Å²) < 4.78 is 10.6. The first-order chi connectivity index (χ1) is 24.1. The molecule has 282 valence electrons. The van der Waals surface area contributed by atoms with Crippen LogP contribution < -0.4 is 0 Å². The molecular weight excluding hydrogens is 608 g/mol. The van der Waals surface area contributed by atoms with Crippen molar-refractivity contribution in [3.8, 4) is 0 Å². The van der Waals surface area contributed by atoms with Crippen molar-refractivity contribution in [2.75, 3.05) is 13.2 Å². The normalized spacial score (nSPS) is 12.8. The van der Waals surface area contributed by atoms with Gasteiger partial charge in [-0.1, -0.05) is 158 Å². The third-order valence-corrected chi connectivity index (χ3v) is 8.55. The summed E-state index contributed by atoms with van der Waals surface area (Å²) in [6.07, 6.45) is 51.4.